The molecular weight excluding hydrogens is 456 g/mol. The van der Waals surface area contributed by atoms with Crippen LogP contribution in [0, 0.1) is 24.0 Å². The van der Waals surface area contributed by atoms with Crippen LogP contribution < -0.4 is 5.32 Å². The van der Waals surface area contributed by atoms with E-state index in [9.17, 15) is 19.7 Å². The highest BCUT2D eigenvalue weighted by atomic mass is 32.2. The number of anilines is 1. The van der Waals surface area contributed by atoms with Crippen molar-refractivity contribution in [3.63, 3.8) is 0 Å². The Hall–Kier alpha value is -3.24. The molecule has 2 aromatic rings. The maximum atomic E-state index is 13.2. The first-order valence-electron chi connectivity index (χ1n) is 11.0. The molecule has 1 aliphatic heterocycles. The number of carbonyl (C=O) groups is 2. The Kier molecular flexibility index (Phi) is 8.78. The van der Waals surface area contributed by atoms with Gasteiger partial charge in [0.15, 0.2) is 5.17 Å². The number of aliphatic imine (C=N–C) groups is 1. The van der Waals surface area contributed by atoms with Gasteiger partial charge in [-0.3, -0.25) is 24.6 Å². The van der Waals surface area contributed by atoms with Gasteiger partial charge in [0.25, 0.3) is 5.69 Å². The second-order valence-electron chi connectivity index (χ2n) is 7.89. The van der Waals surface area contributed by atoms with Crippen molar-refractivity contribution in [1.82, 2.24) is 4.90 Å². The highest BCUT2D eigenvalue weighted by molar-refractivity contribution is 8.15. The Morgan fingerprint density at radius 1 is 1.26 bits per heavy atom. The molecule has 3 rings (SSSR count). The van der Waals surface area contributed by atoms with Crippen molar-refractivity contribution in [2.75, 3.05) is 25.1 Å². The number of amidine groups is 1. The molecule has 1 aliphatic rings. The van der Waals surface area contributed by atoms with E-state index in [1.165, 1.54) is 30.0 Å². The van der Waals surface area contributed by atoms with E-state index in [4.69, 9.17) is 9.73 Å². The summed E-state index contributed by atoms with van der Waals surface area (Å²) in [6.07, 6.45) is 0.582. The van der Waals surface area contributed by atoms with E-state index in [0.29, 0.717) is 37.0 Å². The van der Waals surface area contributed by atoms with Crippen molar-refractivity contribution in [2.24, 2.45) is 4.99 Å². The molecule has 2 aromatic carbocycles. The first-order chi connectivity index (χ1) is 16.3. The Bertz CT molecular complexity index is 1100. The van der Waals surface area contributed by atoms with Crippen LogP contribution in [0.1, 0.15) is 30.9 Å². The smallest absolute Gasteiger partial charge is 0.271 e. The van der Waals surface area contributed by atoms with Gasteiger partial charge in [-0.1, -0.05) is 35.5 Å². The quantitative estimate of drug-likeness (QED) is 0.299. The number of benzene rings is 2. The van der Waals surface area contributed by atoms with E-state index < -0.39 is 16.1 Å². The van der Waals surface area contributed by atoms with Crippen LogP contribution in [-0.2, 0) is 14.3 Å². The number of hydrogen-bond donors (Lipinski definition) is 1. The van der Waals surface area contributed by atoms with Crippen LogP contribution in [0.25, 0.3) is 0 Å². The van der Waals surface area contributed by atoms with Gasteiger partial charge in [0, 0.05) is 44.0 Å². The van der Waals surface area contributed by atoms with Crippen molar-refractivity contribution in [3.8, 4) is 0 Å². The largest absolute Gasteiger partial charge is 0.382 e. The fraction of sp³-hybridized carbons (Fsp3) is 0.375. The summed E-state index contributed by atoms with van der Waals surface area (Å²) in [7, 11) is 0. The van der Waals surface area contributed by atoms with Gasteiger partial charge in [-0.2, -0.15) is 0 Å². The second-order valence-corrected chi connectivity index (χ2v) is 9.06. The molecule has 0 radical (unpaired) electrons. The summed E-state index contributed by atoms with van der Waals surface area (Å²) in [5.74, 6) is -0.576. The first-order valence-corrected chi connectivity index (χ1v) is 11.9. The van der Waals surface area contributed by atoms with Crippen LogP contribution in [0.4, 0.5) is 17.1 Å². The minimum Gasteiger partial charge on any atom is -0.382 e. The molecule has 0 spiro atoms. The number of thioether (sulfide) groups is 1. The normalized spacial score (nSPS) is 16.8. The third-order valence-electron chi connectivity index (χ3n) is 5.17. The molecule has 1 N–H and O–H groups in total. The number of ether oxygens (including phenoxy) is 1. The molecule has 0 bridgehead atoms. The number of rotatable bonds is 10. The lowest BCUT2D eigenvalue weighted by atomic mass is 10.1. The number of nitrogens with one attached hydrogen (secondary N) is 1. The van der Waals surface area contributed by atoms with Gasteiger partial charge < -0.3 is 10.1 Å². The third-order valence-corrected chi connectivity index (χ3v) is 6.35. The number of nitrogens with zero attached hydrogens (tertiary/aromatic N) is 3. The van der Waals surface area contributed by atoms with Crippen LogP contribution in [0.3, 0.4) is 0 Å². The second kappa shape index (κ2) is 11.8. The number of nitro benzene ring substituents is 1. The summed E-state index contributed by atoms with van der Waals surface area (Å²) in [5.41, 5.74) is 3.10. The number of nitro groups is 1. The third kappa shape index (κ3) is 6.64. The molecule has 0 aromatic heterocycles. The summed E-state index contributed by atoms with van der Waals surface area (Å²) in [5, 5.41) is 13.5. The van der Waals surface area contributed by atoms with Crippen molar-refractivity contribution < 1.29 is 19.2 Å². The molecule has 180 valence electrons. The van der Waals surface area contributed by atoms with E-state index in [1.54, 1.807) is 11.0 Å². The van der Waals surface area contributed by atoms with Crippen LogP contribution in [0.15, 0.2) is 47.5 Å². The fourth-order valence-electron chi connectivity index (χ4n) is 3.51. The van der Waals surface area contributed by atoms with Crippen molar-refractivity contribution in [3.05, 3.63) is 63.7 Å². The highest BCUT2D eigenvalue weighted by Gasteiger charge is 2.39. The van der Waals surface area contributed by atoms with Crippen LogP contribution >= 0.6 is 11.8 Å². The first kappa shape index (κ1) is 25.4. The molecule has 9 nitrogen and oxygen atoms in total. The lowest BCUT2D eigenvalue weighted by Gasteiger charge is -2.16. The monoisotopic (exact) mass is 484 g/mol. The predicted octanol–water partition coefficient (Wildman–Crippen LogP) is 4.60. The topological polar surface area (TPSA) is 114 Å². The summed E-state index contributed by atoms with van der Waals surface area (Å²) in [4.78, 5) is 42.6. The van der Waals surface area contributed by atoms with Gasteiger partial charge in [-0.15, -0.1) is 0 Å². The van der Waals surface area contributed by atoms with Crippen molar-refractivity contribution in [1.29, 1.82) is 0 Å². The molecule has 2 amide bonds. The van der Waals surface area contributed by atoms with E-state index in [-0.39, 0.29) is 18.0 Å². The highest BCUT2D eigenvalue weighted by Crippen LogP contribution is 2.33. The van der Waals surface area contributed by atoms with Gasteiger partial charge in [0.2, 0.25) is 11.8 Å². The van der Waals surface area contributed by atoms with Gasteiger partial charge in [0.1, 0.15) is 5.25 Å². The summed E-state index contributed by atoms with van der Waals surface area (Å²) >= 11 is 1.26. The Balaban J connectivity index is 1.75. The van der Waals surface area contributed by atoms with Gasteiger partial charge in [-0.05, 0) is 44.9 Å². The predicted molar refractivity (Wildman–Crippen MR) is 134 cm³/mol. The molecule has 34 heavy (non-hydrogen) atoms. The minimum absolute atomic E-state index is 0.0694. The summed E-state index contributed by atoms with van der Waals surface area (Å²) in [6.45, 7) is 7.47. The van der Waals surface area contributed by atoms with E-state index >= 15 is 0 Å². The zero-order chi connectivity index (χ0) is 24.7. The van der Waals surface area contributed by atoms with Crippen LogP contribution in [0.5, 0.6) is 0 Å². The summed E-state index contributed by atoms with van der Waals surface area (Å²) in [6, 6.07) is 11.6. The zero-order valence-corrected chi connectivity index (χ0v) is 20.3. The minimum atomic E-state index is -0.629. The standard InChI is InChI=1S/C24H28N4O5S/c1-4-33-12-6-11-27-23(30)21(34-24(27)26-20-10-9-16(2)13-17(20)3)15-22(29)25-18-7-5-8-19(14-18)28(31)32/h5,7-10,13-14,21H,4,6,11-12,15H2,1-3H3,(H,25,29). The molecule has 1 heterocycles. The molecule has 1 unspecified atom stereocenters. The van der Waals surface area contributed by atoms with E-state index in [2.05, 4.69) is 5.32 Å². The van der Waals surface area contributed by atoms with Crippen molar-refractivity contribution in [2.45, 2.75) is 38.9 Å². The number of carbonyl (C=O) groups excluding carboxylic acids is 2. The average molecular weight is 485 g/mol. The lowest BCUT2D eigenvalue weighted by molar-refractivity contribution is -0.384. The summed E-state index contributed by atoms with van der Waals surface area (Å²) < 4.78 is 5.40. The molecule has 1 fully saturated rings. The SMILES string of the molecule is CCOCCCN1C(=O)C(CC(=O)Nc2cccc([N+](=O)[O-])c2)SC1=Nc1ccc(C)cc1C. The number of hydrogen-bond acceptors (Lipinski definition) is 7. The maximum Gasteiger partial charge on any atom is 0.271 e. The number of aryl methyl sites for hydroxylation is 2. The van der Waals surface area contributed by atoms with Crippen molar-refractivity contribution >= 4 is 45.8 Å². The zero-order valence-electron chi connectivity index (χ0n) is 19.4. The van der Waals surface area contributed by atoms with E-state index in [1.807, 2.05) is 39.0 Å². The Morgan fingerprint density at radius 2 is 2.06 bits per heavy atom. The Morgan fingerprint density at radius 3 is 2.76 bits per heavy atom. The maximum absolute atomic E-state index is 13.2. The van der Waals surface area contributed by atoms with Gasteiger partial charge >= 0.3 is 0 Å². The van der Waals surface area contributed by atoms with E-state index in [0.717, 1.165) is 16.8 Å². The Labute approximate surface area is 202 Å². The molecule has 0 saturated carbocycles. The molecule has 1 saturated heterocycles. The number of amides is 2. The molecule has 0 aliphatic carbocycles. The average Bonchev–Trinajstić information content (AvgIpc) is 3.07. The van der Waals surface area contributed by atoms with Gasteiger partial charge in [-0.25, -0.2) is 4.99 Å². The van der Waals surface area contributed by atoms with Crippen LogP contribution in [0.2, 0.25) is 0 Å². The molecule has 1 atom stereocenters. The fourth-order valence-corrected chi connectivity index (χ4v) is 4.69. The molecular formula is C24H28N4O5S. The van der Waals surface area contributed by atoms with Gasteiger partial charge in [0.05, 0.1) is 10.6 Å². The number of non-ortho nitro benzene ring substituents is 1. The molecule has 10 heteroatoms. The lowest BCUT2D eigenvalue weighted by Crippen LogP contribution is -2.34. The van der Waals surface area contributed by atoms with Crippen LogP contribution in [-0.4, -0.2) is 51.8 Å².